The molecule has 34 heavy (non-hydrogen) atoms. The quantitative estimate of drug-likeness (QED) is 0.557. The highest BCUT2D eigenvalue weighted by molar-refractivity contribution is 5.94. The van der Waals surface area contributed by atoms with E-state index in [1.54, 1.807) is 27.8 Å². The zero-order valence-corrected chi connectivity index (χ0v) is 20.5. The number of hydrogen-bond acceptors (Lipinski definition) is 3. The Bertz CT molecular complexity index is 1130. The van der Waals surface area contributed by atoms with Gasteiger partial charge < -0.3 is 10.2 Å². The van der Waals surface area contributed by atoms with Gasteiger partial charge in [0, 0.05) is 24.1 Å². The average molecular weight is 465 g/mol. The minimum Gasteiger partial charge on any atom is -0.355 e. The maximum absolute atomic E-state index is 14.0. The second-order valence-corrected chi connectivity index (χ2v) is 10.1. The summed E-state index contributed by atoms with van der Waals surface area (Å²) in [5.74, 6) is -0.381. The van der Waals surface area contributed by atoms with Crippen molar-refractivity contribution in [3.63, 3.8) is 0 Å². The molecule has 6 nitrogen and oxygen atoms in total. The van der Waals surface area contributed by atoms with E-state index in [1.807, 2.05) is 50.2 Å². The monoisotopic (exact) mass is 464 g/mol. The van der Waals surface area contributed by atoms with Gasteiger partial charge in [0.2, 0.25) is 6.41 Å². The Morgan fingerprint density at radius 3 is 2.35 bits per heavy atom. The molecule has 7 heteroatoms. The standard InChI is InChI=1S/C19H24FN3O.C8H9NO/c1-18(2,3)16-10-15-17(24)22(19(4,5)12-23(15)21-16)11-13-8-6-7-9-14(13)20;10-7-9-6-8-4-2-1-3-5-8/h6-10H,11-12H2,1-5H3;1-5,7H,6H2,(H,9,10). The number of carbonyl (C=O) groups excluding carboxylic acids is 2. The summed E-state index contributed by atoms with van der Waals surface area (Å²) in [6.07, 6.45) is 0.701. The Morgan fingerprint density at radius 2 is 1.74 bits per heavy atom. The number of benzene rings is 2. The minimum atomic E-state index is -0.437. The van der Waals surface area contributed by atoms with E-state index in [0.29, 0.717) is 30.8 Å². The third kappa shape index (κ3) is 5.90. The fourth-order valence-electron chi connectivity index (χ4n) is 3.78. The summed E-state index contributed by atoms with van der Waals surface area (Å²) in [4.78, 5) is 24.6. The molecule has 1 N–H and O–H groups in total. The van der Waals surface area contributed by atoms with Crippen LogP contribution in [0.15, 0.2) is 60.7 Å². The summed E-state index contributed by atoms with van der Waals surface area (Å²) in [5, 5.41) is 7.21. The van der Waals surface area contributed by atoms with Gasteiger partial charge in [-0.25, -0.2) is 4.39 Å². The van der Waals surface area contributed by atoms with Crippen LogP contribution in [0.1, 0.15) is 61.9 Å². The van der Waals surface area contributed by atoms with Crippen molar-refractivity contribution in [2.75, 3.05) is 0 Å². The number of nitrogens with zero attached hydrogens (tertiary/aromatic N) is 3. The lowest BCUT2D eigenvalue weighted by Gasteiger charge is -2.42. The van der Waals surface area contributed by atoms with Crippen molar-refractivity contribution in [3.05, 3.63) is 89.0 Å². The van der Waals surface area contributed by atoms with Crippen LogP contribution in [-0.2, 0) is 29.8 Å². The normalized spacial score (nSPS) is 14.6. The molecule has 4 rings (SSSR count). The van der Waals surface area contributed by atoms with Crippen LogP contribution in [0.25, 0.3) is 0 Å². The van der Waals surface area contributed by atoms with Gasteiger partial charge in [-0.2, -0.15) is 5.10 Å². The van der Waals surface area contributed by atoms with Gasteiger partial charge in [-0.1, -0.05) is 69.3 Å². The predicted molar refractivity (Wildman–Crippen MR) is 131 cm³/mol. The average Bonchev–Trinajstić information content (AvgIpc) is 3.21. The van der Waals surface area contributed by atoms with Crippen LogP contribution in [0, 0.1) is 5.82 Å². The van der Waals surface area contributed by atoms with Gasteiger partial charge in [-0.15, -0.1) is 0 Å². The maximum atomic E-state index is 14.0. The number of fused-ring (bicyclic) bond motifs is 1. The van der Waals surface area contributed by atoms with Crippen LogP contribution >= 0.6 is 0 Å². The van der Waals surface area contributed by atoms with Crippen molar-refractivity contribution < 1.29 is 14.0 Å². The molecule has 0 saturated carbocycles. The first-order valence-corrected chi connectivity index (χ1v) is 11.4. The number of hydrogen-bond donors (Lipinski definition) is 1. The largest absolute Gasteiger partial charge is 0.355 e. The molecular weight excluding hydrogens is 431 g/mol. The van der Waals surface area contributed by atoms with Gasteiger partial charge >= 0.3 is 0 Å². The van der Waals surface area contributed by atoms with Crippen molar-refractivity contribution in [2.24, 2.45) is 0 Å². The van der Waals surface area contributed by atoms with E-state index < -0.39 is 5.54 Å². The summed E-state index contributed by atoms with van der Waals surface area (Å²) < 4.78 is 15.8. The van der Waals surface area contributed by atoms with E-state index in [-0.39, 0.29) is 23.7 Å². The van der Waals surface area contributed by atoms with Gasteiger partial charge in [0.15, 0.2) is 0 Å². The molecule has 0 atom stereocenters. The molecule has 0 spiro atoms. The lowest BCUT2D eigenvalue weighted by atomic mass is 9.92. The molecule has 2 heterocycles. The van der Waals surface area contributed by atoms with Gasteiger partial charge in [0.25, 0.3) is 5.91 Å². The highest BCUT2D eigenvalue weighted by Crippen LogP contribution is 2.31. The van der Waals surface area contributed by atoms with Crippen molar-refractivity contribution >= 4 is 12.3 Å². The van der Waals surface area contributed by atoms with Gasteiger partial charge in [0.05, 0.1) is 17.8 Å². The molecule has 1 aliphatic heterocycles. The summed E-state index contributed by atoms with van der Waals surface area (Å²) >= 11 is 0. The molecule has 0 fully saturated rings. The van der Waals surface area contributed by atoms with Crippen molar-refractivity contribution in [1.82, 2.24) is 20.0 Å². The molecule has 1 aliphatic rings. The summed E-state index contributed by atoms with van der Waals surface area (Å²) in [6, 6.07) is 18.3. The highest BCUT2D eigenvalue weighted by atomic mass is 19.1. The Balaban J connectivity index is 0.000000271. The Labute approximate surface area is 200 Å². The Morgan fingerprint density at radius 1 is 1.09 bits per heavy atom. The molecule has 0 bridgehead atoms. The highest BCUT2D eigenvalue weighted by Gasteiger charge is 2.40. The second kappa shape index (κ2) is 10.2. The van der Waals surface area contributed by atoms with E-state index in [0.717, 1.165) is 11.3 Å². The van der Waals surface area contributed by atoms with Crippen LogP contribution < -0.4 is 5.32 Å². The molecule has 180 valence electrons. The molecule has 0 aliphatic carbocycles. The number of rotatable bonds is 5. The van der Waals surface area contributed by atoms with Gasteiger partial charge in [0.1, 0.15) is 11.5 Å². The Kier molecular flexibility index (Phi) is 7.54. The summed E-state index contributed by atoms with van der Waals surface area (Å²) in [5.41, 5.74) is 2.57. The van der Waals surface area contributed by atoms with E-state index in [9.17, 15) is 14.0 Å². The van der Waals surface area contributed by atoms with Gasteiger partial charge in [-0.3, -0.25) is 14.3 Å². The molecule has 2 amide bonds. The van der Waals surface area contributed by atoms with Crippen LogP contribution in [0.5, 0.6) is 0 Å². The molecule has 0 saturated heterocycles. The first-order valence-electron chi connectivity index (χ1n) is 11.4. The lowest BCUT2D eigenvalue weighted by Crippen LogP contribution is -2.54. The molecule has 2 aromatic carbocycles. The van der Waals surface area contributed by atoms with Crippen molar-refractivity contribution in [3.8, 4) is 0 Å². The SMILES string of the molecule is CC(C)(C)c1cc2n(n1)CC(C)(C)N(Cc1ccccc1F)C2=O.O=CNCc1ccccc1. The van der Waals surface area contributed by atoms with E-state index >= 15 is 0 Å². The third-order valence-corrected chi connectivity index (χ3v) is 5.80. The van der Waals surface area contributed by atoms with Crippen molar-refractivity contribution in [1.29, 1.82) is 0 Å². The van der Waals surface area contributed by atoms with E-state index in [1.165, 1.54) is 6.07 Å². The van der Waals surface area contributed by atoms with E-state index in [4.69, 9.17) is 0 Å². The zero-order chi connectivity index (χ0) is 24.9. The Hall–Kier alpha value is -3.48. The second-order valence-electron chi connectivity index (χ2n) is 10.1. The molecule has 0 unspecified atom stereocenters. The number of nitrogens with one attached hydrogen (secondary N) is 1. The van der Waals surface area contributed by atoms with E-state index in [2.05, 4.69) is 31.2 Å². The topological polar surface area (TPSA) is 67.2 Å². The summed E-state index contributed by atoms with van der Waals surface area (Å²) in [7, 11) is 0. The van der Waals surface area contributed by atoms with Crippen LogP contribution in [0.4, 0.5) is 4.39 Å². The number of carbonyl (C=O) groups is 2. The smallest absolute Gasteiger partial charge is 0.272 e. The predicted octanol–water partition coefficient (Wildman–Crippen LogP) is 4.69. The molecule has 0 radical (unpaired) electrons. The zero-order valence-electron chi connectivity index (χ0n) is 20.5. The number of halogens is 1. The first kappa shape index (κ1) is 25.1. The van der Waals surface area contributed by atoms with Crippen LogP contribution in [0.2, 0.25) is 0 Å². The minimum absolute atomic E-state index is 0.0995. The van der Waals surface area contributed by atoms with Crippen LogP contribution in [0.3, 0.4) is 0 Å². The van der Waals surface area contributed by atoms with Gasteiger partial charge in [-0.05, 0) is 31.5 Å². The summed E-state index contributed by atoms with van der Waals surface area (Å²) in [6.45, 7) is 11.7. The lowest BCUT2D eigenvalue weighted by molar-refractivity contribution is -0.109. The van der Waals surface area contributed by atoms with Crippen molar-refractivity contribution in [2.45, 2.75) is 65.2 Å². The molecule has 1 aromatic heterocycles. The maximum Gasteiger partial charge on any atom is 0.272 e. The number of amides is 2. The third-order valence-electron chi connectivity index (χ3n) is 5.80. The van der Waals surface area contributed by atoms with Crippen LogP contribution in [-0.4, -0.2) is 32.5 Å². The first-order chi connectivity index (χ1) is 16.0. The molecule has 3 aromatic rings. The molecular formula is C27H33FN4O2. The number of aromatic nitrogens is 2. The fraction of sp³-hybridized carbons (Fsp3) is 0.370. The fourth-order valence-corrected chi connectivity index (χ4v) is 3.78.